The number of furan rings is 1. The maximum atomic E-state index is 12.7. The van der Waals surface area contributed by atoms with Crippen LogP contribution in [0.15, 0.2) is 65.3 Å². The number of ether oxygens (including phenoxy) is 2. The zero-order chi connectivity index (χ0) is 17.0. The fourth-order valence-corrected chi connectivity index (χ4v) is 3.56. The van der Waals surface area contributed by atoms with E-state index in [-0.39, 0.29) is 0 Å². The summed E-state index contributed by atoms with van der Waals surface area (Å²) >= 11 is 6.16. The van der Waals surface area contributed by atoms with Crippen LogP contribution in [0.5, 0.6) is 11.5 Å². The Bertz CT molecular complexity index is 969. The Hall–Kier alpha value is -2.92. The molecular weight excluding hydrogens is 342 g/mol. The predicted molar refractivity (Wildman–Crippen MR) is 91.1 cm³/mol. The molecule has 0 radical (unpaired) electrons. The lowest BCUT2D eigenvalue weighted by Crippen LogP contribution is -2.27. The monoisotopic (exact) mass is 353 g/mol. The molecule has 6 heteroatoms. The summed E-state index contributed by atoms with van der Waals surface area (Å²) in [6.07, 6.45) is 0.530. The Morgan fingerprint density at radius 2 is 1.88 bits per heavy atom. The van der Waals surface area contributed by atoms with E-state index in [4.69, 9.17) is 25.5 Å². The number of nitrogens with zero attached hydrogens (tertiary/aromatic N) is 1. The Morgan fingerprint density at radius 1 is 1.00 bits per heavy atom. The first kappa shape index (κ1) is 14.4. The molecule has 1 saturated heterocycles. The smallest absolute Gasteiger partial charge is 0.415 e. The lowest BCUT2D eigenvalue weighted by molar-refractivity contribution is 0.117. The van der Waals surface area contributed by atoms with Crippen LogP contribution in [0.1, 0.15) is 23.5 Å². The average Bonchev–Trinajstić information content (AvgIpc) is 3.21. The minimum atomic E-state index is -0.572. The van der Waals surface area contributed by atoms with Crippen molar-refractivity contribution in [1.82, 2.24) is 0 Å². The number of amides is 1. The zero-order valence-corrected chi connectivity index (χ0v) is 13.6. The van der Waals surface area contributed by atoms with E-state index < -0.39 is 18.2 Å². The number of benzene rings is 2. The van der Waals surface area contributed by atoms with Crippen LogP contribution in [0.2, 0.25) is 5.02 Å². The summed E-state index contributed by atoms with van der Waals surface area (Å²) in [7, 11) is 0. The molecule has 2 atom stereocenters. The van der Waals surface area contributed by atoms with Gasteiger partial charge in [0, 0.05) is 10.6 Å². The van der Waals surface area contributed by atoms with Crippen molar-refractivity contribution in [1.29, 1.82) is 0 Å². The summed E-state index contributed by atoms with van der Waals surface area (Å²) in [5, 5.41) is 0.515. The largest absolute Gasteiger partial charge is 0.465 e. The van der Waals surface area contributed by atoms with Gasteiger partial charge in [-0.05, 0) is 36.4 Å². The molecule has 0 N–H and O–H groups in total. The first-order valence-corrected chi connectivity index (χ1v) is 8.20. The van der Waals surface area contributed by atoms with E-state index in [1.54, 1.807) is 41.5 Å². The fraction of sp³-hybridized carbons (Fsp3) is 0.105. The van der Waals surface area contributed by atoms with Crippen molar-refractivity contribution in [3.8, 4) is 11.5 Å². The minimum absolute atomic E-state index is 0.408. The minimum Gasteiger partial charge on any atom is -0.465 e. The van der Waals surface area contributed by atoms with E-state index in [1.807, 2.05) is 24.3 Å². The normalized spacial score (nSPS) is 20.8. The number of cyclic esters (lactones) is 1. The highest BCUT2D eigenvalue weighted by Gasteiger charge is 2.49. The van der Waals surface area contributed by atoms with E-state index >= 15 is 0 Å². The summed E-state index contributed by atoms with van der Waals surface area (Å²) in [6.45, 7) is 0. The number of fused-ring (bicyclic) bond motifs is 5. The predicted octanol–water partition coefficient (Wildman–Crippen LogP) is 5.48. The van der Waals surface area contributed by atoms with Gasteiger partial charge >= 0.3 is 6.09 Å². The lowest BCUT2D eigenvalue weighted by atomic mass is 9.98. The molecule has 3 heterocycles. The molecule has 2 unspecified atom stereocenters. The molecular formula is C19H12ClNO4. The molecule has 3 aromatic rings. The van der Waals surface area contributed by atoms with Crippen LogP contribution in [0.3, 0.4) is 0 Å². The van der Waals surface area contributed by atoms with E-state index in [0.717, 1.165) is 5.56 Å². The van der Waals surface area contributed by atoms with E-state index in [0.29, 0.717) is 28.0 Å². The van der Waals surface area contributed by atoms with Gasteiger partial charge in [-0.25, -0.2) is 4.79 Å². The van der Waals surface area contributed by atoms with Gasteiger partial charge in [0.05, 0.1) is 12.0 Å². The highest BCUT2D eigenvalue weighted by atomic mass is 35.5. The molecule has 0 spiro atoms. The van der Waals surface area contributed by atoms with Gasteiger partial charge in [-0.3, -0.25) is 4.90 Å². The maximum Gasteiger partial charge on any atom is 0.415 e. The topological polar surface area (TPSA) is 51.9 Å². The van der Waals surface area contributed by atoms with E-state index in [9.17, 15) is 4.79 Å². The molecule has 0 bridgehead atoms. The summed E-state index contributed by atoms with van der Waals surface area (Å²) in [6, 6.07) is 16.0. The first-order valence-electron chi connectivity index (χ1n) is 7.82. The van der Waals surface area contributed by atoms with Crippen molar-refractivity contribution in [3.05, 3.63) is 77.2 Å². The molecule has 5 nitrogen and oxygen atoms in total. The number of para-hydroxylation sites is 1. The van der Waals surface area contributed by atoms with Gasteiger partial charge in [-0.1, -0.05) is 29.8 Å². The molecule has 1 aromatic heterocycles. The van der Waals surface area contributed by atoms with E-state index in [2.05, 4.69) is 0 Å². The fourth-order valence-electron chi connectivity index (χ4n) is 3.40. The molecule has 2 aromatic carbocycles. The van der Waals surface area contributed by atoms with Crippen molar-refractivity contribution < 1.29 is 18.7 Å². The van der Waals surface area contributed by atoms with Gasteiger partial charge in [0.15, 0.2) is 11.9 Å². The van der Waals surface area contributed by atoms with Gasteiger partial charge in [-0.15, -0.1) is 0 Å². The van der Waals surface area contributed by atoms with E-state index in [1.165, 1.54) is 0 Å². The molecule has 0 aliphatic carbocycles. The van der Waals surface area contributed by atoms with Crippen molar-refractivity contribution >= 4 is 23.4 Å². The molecule has 1 fully saturated rings. The standard InChI is InChI=1S/C19H12ClNO4/c20-11-7-8-15-13(10-11)21-17(12-4-1-2-5-14(12)24-15)18(25-19(21)22)16-6-3-9-23-16/h1-10,17-18H. The lowest BCUT2D eigenvalue weighted by Gasteiger charge is -2.22. The second-order valence-electron chi connectivity index (χ2n) is 5.89. The summed E-state index contributed by atoms with van der Waals surface area (Å²) in [5.74, 6) is 1.81. The molecule has 2 aliphatic heterocycles. The number of anilines is 1. The van der Waals surface area contributed by atoms with Gasteiger partial charge < -0.3 is 13.9 Å². The Kier molecular flexibility index (Phi) is 3.05. The maximum absolute atomic E-state index is 12.7. The second kappa shape index (κ2) is 5.29. The Balaban J connectivity index is 1.77. The summed E-state index contributed by atoms with van der Waals surface area (Å²) < 4.78 is 17.2. The highest BCUT2D eigenvalue weighted by Crippen LogP contribution is 2.53. The van der Waals surface area contributed by atoms with Gasteiger partial charge in [0.1, 0.15) is 17.6 Å². The van der Waals surface area contributed by atoms with Crippen molar-refractivity contribution in [2.24, 2.45) is 0 Å². The summed E-state index contributed by atoms with van der Waals surface area (Å²) in [4.78, 5) is 14.3. The van der Waals surface area contributed by atoms with Gasteiger partial charge in [-0.2, -0.15) is 0 Å². The van der Waals surface area contributed by atoms with Gasteiger partial charge in [0.25, 0.3) is 0 Å². The van der Waals surface area contributed by atoms with Crippen LogP contribution in [0.4, 0.5) is 10.5 Å². The number of hydrogen-bond acceptors (Lipinski definition) is 4. The molecule has 2 aliphatic rings. The molecule has 0 saturated carbocycles. The van der Waals surface area contributed by atoms with Crippen LogP contribution in [0.25, 0.3) is 0 Å². The number of rotatable bonds is 1. The number of halogens is 1. The second-order valence-corrected chi connectivity index (χ2v) is 6.32. The van der Waals surface area contributed by atoms with Crippen LogP contribution in [-0.4, -0.2) is 6.09 Å². The third kappa shape index (κ3) is 2.13. The first-order chi connectivity index (χ1) is 12.2. The number of carbonyl (C=O) groups excluding carboxylic acids is 1. The molecule has 124 valence electrons. The number of hydrogen-bond donors (Lipinski definition) is 0. The Morgan fingerprint density at radius 3 is 2.72 bits per heavy atom. The molecule has 1 amide bonds. The van der Waals surface area contributed by atoms with Crippen molar-refractivity contribution in [3.63, 3.8) is 0 Å². The third-order valence-electron chi connectivity index (χ3n) is 4.45. The Labute approximate surface area is 148 Å². The average molecular weight is 354 g/mol. The van der Waals surface area contributed by atoms with Crippen molar-refractivity contribution in [2.75, 3.05) is 4.90 Å². The van der Waals surface area contributed by atoms with Crippen LogP contribution < -0.4 is 9.64 Å². The highest BCUT2D eigenvalue weighted by molar-refractivity contribution is 6.31. The zero-order valence-electron chi connectivity index (χ0n) is 12.9. The van der Waals surface area contributed by atoms with Crippen LogP contribution in [0, 0.1) is 0 Å². The molecule has 25 heavy (non-hydrogen) atoms. The van der Waals surface area contributed by atoms with Crippen molar-refractivity contribution in [2.45, 2.75) is 12.1 Å². The third-order valence-corrected chi connectivity index (χ3v) is 4.69. The van der Waals surface area contributed by atoms with Crippen LogP contribution >= 0.6 is 11.6 Å². The number of carbonyl (C=O) groups is 1. The van der Waals surface area contributed by atoms with Gasteiger partial charge in [0.2, 0.25) is 0 Å². The van der Waals surface area contributed by atoms with Crippen LogP contribution in [-0.2, 0) is 4.74 Å². The molecule has 5 rings (SSSR count). The summed E-state index contributed by atoms with van der Waals surface area (Å²) in [5.41, 5.74) is 1.43. The SMILES string of the molecule is O=C1OC(c2ccco2)C2c3ccccc3Oc3ccc(Cl)cc3N12. The quantitative estimate of drug-likeness (QED) is 0.581.